The first-order valence-electron chi connectivity index (χ1n) is 11.0. The fourth-order valence-electron chi connectivity index (χ4n) is 4.16. The lowest BCUT2D eigenvalue weighted by Gasteiger charge is -2.30. The summed E-state index contributed by atoms with van der Waals surface area (Å²) >= 11 is 0. The fraction of sp³-hybridized carbons (Fsp3) is 0.409. The lowest BCUT2D eigenvalue weighted by Crippen LogP contribution is -2.49. The summed E-state index contributed by atoms with van der Waals surface area (Å²) in [5.41, 5.74) is 13.9. The highest BCUT2D eigenvalue weighted by Crippen LogP contribution is 2.29. The summed E-state index contributed by atoms with van der Waals surface area (Å²) in [6, 6.07) is 4.25. The van der Waals surface area contributed by atoms with Crippen LogP contribution in [-0.4, -0.2) is 68.3 Å². The first kappa shape index (κ1) is 23.4. The topological polar surface area (TPSA) is 183 Å². The van der Waals surface area contributed by atoms with Gasteiger partial charge in [-0.25, -0.2) is 14.5 Å². The number of nitrogens with one attached hydrogen (secondary N) is 2. The summed E-state index contributed by atoms with van der Waals surface area (Å²) in [4.78, 5) is 33.3. The minimum atomic E-state index is -0.928. The van der Waals surface area contributed by atoms with Crippen molar-refractivity contribution in [2.24, 2.45) is 5.73 Å². The van der Waals surface area contributed by atoms with Gasteiger partial charge in [-0.1, -0.05) is 0 Å². The van der Waals surface area contributed by atoms with Crippen LogP contribution in [0.3, 0.4) is 0 Å². The van der Waals surface area contributed by atoms with Gasteiger partial charge < -0.3 is 31.9 Å². The molecule has 4 rings (SSSR count). The minimum Gasteiger partial charge on any atom is -0.481 e. The van der Waals surface area contributed by atoms with Crippen molar-refractivity contribution in [1.29, 1.82) is 0 Å². The fourth-order valence-corrected chi connectivity index (χ4v) is 4.16. The molecule has 0 aromatic carbocycles. The van der Waals surface area contributed by atoms with Crippen molar-refractivity contribution in [3.05, 3.63) is 36.3 Å². The predicted octanol–water partition coefficient (Wildman–Crippen LogP) is -0.141. The maximum Gasteiger partial charge on any atom is 0.253 e. The van der Waals surface area contributed by atoms with Crippen LogP contribution in [0.4, 0.5) is 5.82 Å². The molecule has 3 heterocycles. The molecule has 0 aliphatic heterocycles. The summed E-state index contributed by atoms with van der Waals surface area (Å²) in [6.07, 6.45) is 5.72. The second-order valence-electron chi connectivity index (χ2n) is 8.26. The van der Waals surface area contributed by atoms with Crippen LogP contribution in [0.5, 0.6) is 5.88 Å². The number of nitrogens with zero attached hydrogens (tertiary/aromatic N) is 4. The average molecular weight is 469 g/mol. The number of carbonyl (C=O) groups is 2. The molecule has 0 bridgehead atoms. The Morgan fingerprint density at radius 3 is 2.59 bits per heavy atom. The molecule has 0 unspecified atom stereocenters. The first-order chi connectivity index (χ1) is 16.4. The van der Waals surface area contributed by atoms with Crippen LogP contribution in [0.25, 0.3) is 16.8 Å². The zero-order valence-corrected chi connectivity index (χ0v) is 18.8. The molecule has 3 aromatic rings. The van der Waals surface area contributed by atoms with E-state index in [2.05, 4.69) is 25.7 Å². The van der Waals surface area contributed by atoms with Crippen LogP contribution in [0.15, 0.2) is 30.7 Å². The van der Waals surface area contributed by atoms with Gasteiger partial charge in [0.1, 0.15) is 17.9 Å². The zero-order valence-electron chi connectivity index (χ0n) is 18.8. The van der Waals surface area contributed by atoms with Crippen LogP contribution in [-0.2, 0) is 4.79 Å². The van der Waals surface area contributed by atoms with E-state index in [1.165, 1.54) is 13.4 Å². The van der Waals surface area contributed by atoms with Crippen molar-refractivity contribution in [3.8, 4) is 17.1 Å². The van der Waals surface area contributed by atoms with Crippen molar-refractivity contribution in [3.63, 3.8) is 0 Å². The van der Waals surface area contributed by atoms with Gasteiger partial charge in [-0.3, -0.25) is 9.59 Å². The molecular formula is C22H28N8O4. The van der Waals surface area contributed by atoms with E-state index in [1.807, 2.05) is 0 Å². The van der Waals surface area contributed by atoms with Crippen molar-refractivity contribution in [2.45, 2.75) is 43.8 Å². The minimum absolute atomic E-state index is 0.0362. The third kappa shape index (κ3) is 4.77. The monoisotopic (exact) mass is 468 g/mol. The van der Waals surface area contributed by atoms with Gasteiger partial charge in [0.2, 0.25) is 11.8 Å². The number of nitrogen functional groups attached to an aromatic ring is 1. The number of hydrogen-bond donors (Lipinski definition) is 5. The quantitative estimate of drug-likeness (QED) is 0.315. The molecule has 12 nitrogen and oxygen atoms in total. The molecule has 1 aliphatic rings. The van der Waals surface area contributed by atoms with Crippen molar-refractivity contribution < 1.29 is 19.4 Å². The van der Waals surface area contributed by atoms with Gasteiger partial charge in [-0.15, -0.1) is 0 Å². The average Bonchev–Trinajstić information content (AvgIpc) is 3.26. The SMILES string of the molecule is COc1cc(-c2cc(C(=O)N[C@H]3CC[C@H](NC(=O)[C@@H](N)CO)CC3)c3c(N)ncnn23)ccn1. The number of ether oxygens (including phenoxy) is 1. The summed E-state index contributed by atoms with van der Waals surface area (Å²) in [7, 11) is 1.53. The van der Waals surface area contributed by atoms with E-state index in [1.54, 1.807) is 28.9 Å². The smallest absolute Gasteiger partial charge is 0.253 e. The van der Waals surface area contributed by atoms with Gasteiger partial charge in [0.05, 0.1) is 25.0 Å². The molecule has 7 N–H and O–H groups in total. The molecule has 34 heavy (non-hydrogen) atoms. The highest BCUT2D eigenvalue weighted by molar-refractivity contribution is 6.05. The molecule has 2 amide bonds. The van der Waals surface area contributed by atoms with Gasteiger partial charge in [0, 0.05) is 29.9 Å². The second-order valence-corrected chi connectivity index (χ2v) is 8.26. The van der Waals surface area contributed by atoms with Crippen molar-refractivity contribution in [1.82, 2.24) is 30.2 Å². The Morgan fingerprint density at radius 2 is 1.91 bits per heavy atom. The zero-order chi connectivity index (χ0) is 24.2. The van der Waals surface area contributed by atoms with Crippen LogP contribution in [0.1, 0.15) is 36.0 Å². The third-order valence-corrected chi connectivity index (χ3v) is 6.01. The molecule has 1 aliphatic carbocycles. The molecule has 1 fully saturated rings. The number of hydrogen-bond acceptors (Lipinski definition) is 9. The predicted molar refractivity (Wildman–Crippen MR) is 124 cm³/mol. The Bertz CT molecular complexity index is 1190. The largest absolute Gasteiger partial charge is 0.481 e. The number of aliphatic hydroxyl groups excluding tert-OH is 1. The Labute approximate surface area is 195 Å². The highest BCUT2D eigenvalue weighted by Gasteiger charge is 2.27. The van der Waals surface area contributed by atoms with E-state index in [0.29, 0.717) is 48.3 Å². The highest BCUT2D eigenvalue weighted by atomic mass is 16.5. The van der Waals surface area contributed by atoms with E-state index in [4.69, 9.17) is 21.3 Å². The number of rotatable bonds is 7. The standard InChI is InChI=1S/C22H28N8O4/c1-34-18-8-12(6-7-25-18)17-9-15(19-20(24)26-11-27-30(17)19)21(32)28-13-2-4-14(5-3-13)29-22(33)16(23)10-31/h6-9,11,13-14,16,31H,2-5,10,23H2,1H3,(H,28,32)(H,29,33)(H2,24,26,27)/t13-,14-,16-/m0/s1. The first-order valence-corrected chi connectivity index (χ1v) is 11.0. The number of carbonyl (C=O) groups excluding carboxylic acids is 2. The van der Waals surface area contributed by atoms with Gasteiger partial charge in [-0.2, -0.15) is 5.10 Å². The maximum absolute atomic E-state index is 13.2. The molecule has 0 radical (unpaired) electrons. The third-order valence-electron chi connectivity index (χ3n) is 6.01. The molecule has 1 saturated carbocycles. The number of aliphatic hydroxyl groups is 1. The van der Waals surface area contributed by atoms with Crippen LogP contribution < -0.4 is 26.8 Å². The van der Waals surface area contributed by atoms with Gasteiger partial charge >= 0.3 is 0 Å². The van der Waals surface area contributed by atoms with E-state index >= 15 is 0 Å². The van der Waals surface area contributed by atoms with Crippen molar-refractivity contribution in [2.75, 3.05) is 19.5 Å². The number of pyridine rings is 1. The van der Waals surface area contributed by atoms with Gasteiger partial charge in [-0.05, 0) is 37.8 Å². The second kappa shape index (κ2) is 10.0. The summed E-state index contributed by atoms with van der Waals surface area (Å²) < 4.78 is 6.80. The van der Waals surface area contributed by atoms with E-state index < -0.39 is 12.6 Å². The van der Waals surface area contributed by atoms with E-state index in [-0.39, 0.29) is 29.7 Å². The number of anilines is 1. The molecule has 0 saturated heterocycles. The Morgan fingerprint density at radius 1 is 1.21 bits per heavy atom. The number of aromatic nitrogens is 4. The van der Waals surface area contributed by atoms with Crippen LogP contribution in [0.2, 0.25) is 0 Å². The molecule has 0 spiro atoms. The number of amides is 2. The lowest BCUT2D eigenvalue weighted by atomic mass is 9.90. The molecule has 180 valence electrons. The number of nitrogens with two attached hydrogens (primary N) is 2. The van der Waals surface area contributed by atoms with Gasteiger partial charge in [0.25, 0.3) is 5.91 Å². The van der Waals surface area contributed by atoms with Crippen LogP contribution in [0, 0.1) is 0 Å². The van der Waals surface area contributed by atoms with Gasteiger partial charge in [0.15, 0.2) is 5.82 Å². The summed E-state index contributed by atoms with van der Waals surface area (Å²) in [6.45, 7) is -0.399. The summed E-state index contributed by atoms with van der Waals surface area (Å²) in [5.74, 6) is -0.0181. The normalized spacial score (nSPS) is 18.9. The van der Waals surface area contributed by atoms with Crippen molar-refractivity contribution >= 4 is 23.1 Å². The Kier molecular flexibility index (Phi) is 6.89. The summed E-state index contributed by atoms with van der Waals surface area (Å²) in [5, 5.41) is 19.2. The van der Waals surface area contributed by atoms with E-state index in [9.17, 15) is 9.59 Å². The number of fused-ring (bicyclic) bond motifs is 1. The lowest BCUT2D eigenvalue weighted by molar-refractivity contribution is -0.124. The Balaban J connectivity index is 1.51. The Hall–Kier alpha value is -3.77. The molecule has 3 aromatic heterocycles. The molecular weight excluding hydrogens is 440 g/mol. The molecule has 12 heteroatoms. The molecule has 1 atom stereocenters. The van der Waals surface area contributed by atoms with Crippen LogP contribution >= 0.6 is 0 Å². The number of methoxy groups -OCH3 is 1. The van der Waals surface area contributed by atoms with E-state index in [0.717, 1.165) is 5.56 Å². The maximum atomic E-state index is 13.2.